The third kappa shape index (κ3) is 5.04. The number of rotatable bonds is 8. The molecule has 1 atom stereocenters. The van der Waals surface area contributed by atoms with Crippen LogP contribution >= 0.6 is 23.8 Å². The van der Waals surface area contributed by atoms with Gasteiger partial charge >= 0.3 is 0 Å². The number of nitrogens with two attached hydrogens (primary N) is 1. The number of thiocarbonyl (C=S) groups is 1. The number of hydrogen-bond donors (Lipinski definition) is 1. The second-order valence-corrected chi connectivity index (χ2v) is 6.10. The van der Waals surface area contributed by atoms with Crippen molar-refractivity contribution in [3.63, 3.8) is 0 Å². The van der Waals surface area contributed by atoms with Crippen molar-refractivity contribution in [3.05, 3.63) is 34.3 Å². The second kappa shape index (κ2) is 8.60. The van der Waals surface area contributed by atoms with E-state index in [0.717, 1.165) is 35.7 Å². The lowest BCUT2D eigenvalue weighted by atomic mass is 10.1. The van der Waals surface area contributed by atoms with Crippen molar-refractivity contribution in [2.24, 2.45) is 5.73 Å². The molecule has 1 rings (SSSR count). The average molecular weight is 313 g/mol. The van der Waals surface area contributed by atoms with E-state index in [1.165, 1.54) is 12.8 Å². The van der Waals surface area contributed by atoms with Crippen LogP contribution in [0.5, 0.6) is 0 Å². The third-order valence-corrected chi connectivity index (χ3v) is 4.31. The Morgan fingerprint density at radius 1 is 1.40 bits per heavy atom. The van der Waals surface area contributed by atoms with Crippen molar-refractivity contribution >= 4 is 28.8 Å². The van der Waals surface area contributed by atoms with Gasteiger partial charge in [-0.1, -0.05) is 56.2 Å². The number of unbranched alkanes of at least 4 members (excludes halogenated alkanes) is 1. The largest absolute Gasteiger partial charge is 0.389 e. The van der Waals surface area contributed by atoms with E-state index in [9.17, 15) is 0 Å². The molecule has 0 aliphatic carbocycles. The zero-order chi connectivity index (χ0) is 15.1. The molecular weight excluding hydrogens is 288 g/mol. The normalized spacial score (nSPS) is 12.7. The fraction of sp³-hybridized carbons (Fsp3) is 0.562. The van der Waals surface area contributed by atoms with Crippen LogP contribution in [0.2, 0.25) is 5.02 Å². The molecular formula is C16H25ClN2S. The summed E-state index contributed by atoms with van der Waals surface area (Å²) in [6.45, 7) is 8.71. The molecule has 0 amide bonds. The summed E-state index contributed by atoms with van der Waals surface area (Å²) < 4.78 is 0. The van der Waals surface area contributed by atoms with Crippen molar-refractivity contribution in [3.8, 4) is 0 Å². The molecule has 0 aliphatic heterocycles. The minimum atomic E-state index is 0.392. The molecule has 0 saturated carbocycles. The van der Waals surface area contributed by atoms with Gasteiger partial charge in [-0.2, -0.15) is 0 Å². The molecule has 0 aliphatic rings. The first-order valence-electron chi connectivity index (χ1n) is 7.31. The van der Waals surface area contributed by atoms with Crippen molar-refractivity contribution in [2.75, 3.05) is 6.54 Å². The molecule has 2 N–H and O–H groups in total. The molecule has 0 fully saturated rings. The molecule has 2 nitrogen and oxygen atoms in total. The Kier molecular flexibility index (Phi) is 7.49. The molecule has 0 saturated heterocycles. The maximum absolute atomic E-state index is 6.36. The van der Waals surface area contributed by atoms with Crippen LogP contribution in [0.3, 0.4) is 0 Å². The molecule has 1 aromatic carbocycles. The SMILES string of the molecule is CCCCN(Cc1ccc(C(N)=S)cc1Cl)C(C)CC. The van der Waals surface area contributed by atoms with Crippen LogP contribution in [0.25, 0.3) is 0 Å². The number of hydrogen-bond acceptors (Lipinski definition) is 2. The Labute approximate surface area is 133 Å². The maximum atomic E-state index is 6.36. The van der Waals surface area contributed by atoms with Gasteiger partial charge in [0, 0.05) is 23.2 Å². The predicted molar refractivity (Wildman–Crippen MR) is 92.4 cm³/mol. The lowest BCUT2D eigenvalue weighted by molar-refractivity contribution is 0.192. The summed E-state index contributed by atoms with van der Waals surface area (Å²) in [6, 6.07) is 6.43. The quantitative estimate of drug-likeness (QED) is 0.723. The highest BCUT2D eigenvalue weighted by Gasteiger charge is 2.14. The molecule has 112 valence electrons. The Morgan fingerprint density at radius 3 is 2.60 bits per heavy atom. The number of halogens is 1. The van der Waals surface area contributed by atoms with E-state index < -0.39 is 0 Å². The first-order valence-corrected chi connectivity index (χ1v) is 8.10. The summed E-state index contributed by atoms with van der Waals surface area (Å²) in [5.41, 5.74) is 7.60. The van der Waals surface area contributed by atoms with Gasteiger partial charge in [0.25, 0.3) is 0 Å². The summed E-state index contributed by atoms with van der Waals surface area (Å²) in [5, 5.41) is 0.750. The minimum Gasteiger partial charge on any atom is -0.389 e. The fourth-order valence-electron chi connectivity index (χ4n) is 2.12. The monoisotopic (exact) mass is 312 g/mol. The van der Waals surface area contributed by atoms with Gasteiger partial charge in [-0.25, -0.2) is 0 Å². The lowest BCUT2D eigenvalue weighted by Crippen LogP contribution is -2.33. The minimum absolute atomic E-state index is 0.392. The predicted octanol–water partition coefficient (Wildman–Crippen LogP) is 4.37. The molecule has 20 heavy (non-hydrogen) atoms. The van der Waals surface area contributed by atoms with Crippen LogP contribution in [0, 0.1) is 0 Å². The molecule has 1 aromatic rings. The van der Waals surface area contributed by atoms with Crippen LogP contribution in [0.1, 0.15) is 51.2 Å². The molecule has 0 aromatic heterocycles. The zero-order valence-corrected chi connectivity index (χ0v) is 14.2. The van der Waals surface area contributed by atoms with E-state index in [-0.39, 0.29) is 0 Å². The van der Waals surface area contributed by atoms with Gasteiger partial charge in [-0.3, -0.25) is 4.90 Å². The zero-order valence-electron chi connectivity index (χ0n) is 12.7. The van der Waals surface area contributed by atoms with Crippen LogP contribution in [0.15, 0.2) is 18.2 Å². The van der Waals surface area contributed by atoms with Gasteiger partial charge in [0.05, 0.1) is 0 Å². The third-order valence-electron chi connectivity index (χ3n) is 3.72. The highest BCUT2D eigenvalue weighted by molar-refractivity contribution is 7.80. The highest BCUT2D eigenvalue weighted by atomic mass is 35.5. The van der Waals surface area contributed by atoms with E-state index in [0.29, 0.717) is 11.0 Å². The van der Waals surface area contributed by atoms with Crippen molar-refractivity contribution in [2.45, 2.75) is 52.6 Å². The first-order chi connectivity index (χ1) is 9.49. The number of nitrogens with zero attached hydrogens (tertiary/aromatic N) is 1. The summed E-state index contributed by atoms with van der Waals surface area (Å²) >= 11 is 11.3. The average Bonchev–Trinajstić information content (AvgIpc) is 2.43. The Morgan fingerprint density at radius 2 is 2.10 bits per heavy atom. The fourth-order valence-corrected chi connectivity index (χ4v) is 2.49. The molecule has 0 spiro atoms. The highest BCUT2D eigenvalue weighted by Crippen LogP contribution is 2.21. The maximum Gasteiger partial charge on any atom is 0.104 e. The Hall–Kier alpha value is -0.640. The van der Waals surface area contributed by atoms with Gasteiger partial charge in [0.15, 0.2) is 0 Å². The smallest absolute Gasteiger partial charge is 0.104 e. The summed E-state index contributed by atoms with van der Waals surface area (Å²) in [7, 11) is 0. The van der Waals surface area contributed by atoms with Gasteiger partial charge in [0.1, 0.15) is 4.99 Å². The van der Waals surface area contributed by atoms with Crippen molar-refractivity contribution in [1.29, 1.82) is 0 Å². The van der Waals surface area contributed by atoms with Crippen LogP contribution < -0.4 is 5.73 Å². The second-order valence-electron chi connectivity index (χ2n) is 5.25. The van der Waals surface area contributed by atoms with E-state index in [1.807, 2.05) is 18.2 Å². The van der Waals surface area contributed by atoms with Gasteiger partial charge < -0.3 is 5.73 Å². The summed E-state index contributed by atoms with van der Waals surface area (Å²) in [5.74, 6) is 0. The van der Waals surface area contributed by atoms with Crippen molar-refractivity contribution < 1.29 is 0 Å². The lowest BCUT2D eigenvalue weighted by Gasteiger charge is -2.28. The molecule has 1 unspecified atom stereocenters. The standard InChI is InChI=1S/C16H25ClN2S/c1-4-6-9-19(12(3)5-2)11-14-8-7-13(16(18)20)10-15(14)17/h7-8,10,12H,4-6,9,11H2,1-3H3,(H2,18,20). The summed E-state index contributed by atoms with van der Waals surface area (Å²) in [6.07, 6.45) is 3.57. The molecule has 0 heterocycles. The Bertz CT molecular complexity index is 448. The van der Waals surface area contributed by atoms with E-state index in [4.69, 9.17) is 29.6 Å². The molecule has 0 bridgehead atoms. The van der Waals surface area contributed by atoms with E-state index in [1.54, 1.807) is 0 Å². The van der Waals surface area contributed by atoms with Gasteiger partial charge in [-0.15, -0.1) is 0 Å². The van der Waals surface area contributed by atoms with Gasteiger partial charge in [0.2, 0.25) is 0 Å². The summed E-state index contributed by atoms with van der Waals surface area (Å²) in [4.78, 5) is 2.88. The van der Waals surface area contributed by atoms with Crippen LogP contribution in [0.4, 0.5) is 0 Å². The first kappa shape index (κ1) is 17.4. The van der Waals surface area contributed by atoms with Crippen LogP contribution in [-0.4, -0.2) is 22.5 Å². The van der Waals surface area contributed by atoms with Gasteiger partial charge in [-0.05, 0) is 37.9 Å². The topological polar surface area (TPSA) is 29.3 Å². The van der Waals surface area contributed by atoms with E-state index >= 15 is 0 Å². The molecule has 0 radical (unpaired) electrons. The van der Waals surface area contributed by atoms with E-state index in [2.05, 4.69) is 25.7 Å². The Balaban J connectivity index is 2.84. The van der Waals surface area contributed by atoms with Crippen LogP contribution in [-0.2, 0) is 6.54 Å². The van der Waals surface area contributed by atoms with Crippen molar-refractivity contribution in [1.82, 2.24) is 4.90 Å². The molecule has 4 heteroatoms. The number of benzene rings is 1.